The molecule has 1 heterocycles. The minimum atomic E-state index is 0.0306. The highest BCUT2D eigenvalue weighted by Crippen LogP contribution is 2.37. The number of benzene rings is 2. The number of carbonyl (C=O) groups is 1. The van der Waals surface area contributed by atoms with E-state index in [1.807, 2.05) is 51.9 Å². The molecule has 1 unspecified atom stereocenters. The first-order chi connectivity index (χ1) is 15.1. The van der Waals surface area contributed by atoms with Crippen molar-refractivity contribution >= 4 is 16.8 Å². The van der Waals surface area contributed by atoms with Crippen molar-refractivity contribution in [3.8, 4) is 0 Å². The molecular formula is C26H29N3O2. The SMILES string of the molecule is CC(C1CC1)N(Cc1ccccc1)C(=O)CCc1nc2ccccc2c(=O)n1C1CC1. The third kappa shape index (κ3) is 4.27. The number of aryl methyl sites for hydroxylation is 1. The molecule has 5 heteroatoms. The fraction of sp³-hybridized carbons (Fsp3) is 0.423. The van der Waals surface area contributed by atoms with Gasteiger partial charge in [-0.3, -0.25) is 14.2 Å². The second-order valence-corrected chi connectivity index (χ2v) is 9.04. The second-order valence-electron chi connectivity index (χ2n) is 9.04. The Labute approximate surface area is 182 Å². The molecule has 0 saturated heterocycles. The van der Waals surface area contributed by atoms with E-state index in [1.54, 1.807) is 0 Å². The Balaban J connectivity index is 1.38. The highest BCUT2D eigenvalue weighted by Gasteiger charge is 2.34. The Morgan fingerprint density at radius 2 is 1.77 bits per heavy atom. The van der Waals surface area contributed by atoms with Gasteiger partial charge in [0.05, 0.1) is 10.9 Å². The standard InChI is InChI=1S/C26H29N3O2/c1-18(20-11-12-20)28(17-19-7-3-2-4-8-19)25(30)16-15-24-27-23-10-6-5-9-22(23)26(31)29(24)21-13-14-21/h2-10,18,20-21H,11-17H2,1H3. The van der Waals surface area contributed by atoms with Gasteiger partial charge in [-0.05, 0) is 56.2 Å². The molecule has 2 aliphatic carbocycles. The van der Waals surface area contributed by atoms with Crippen LogP contribution in [0.1, 0.15) is 56.5 Å². The number of aromatic nitrogens is 2. The predicted molar refractivity (Wildman–Crippen MR) is 122 cm³/mol. The topological polar surface area (TPSA) is 55.2 Å². The lowest BCUT2D eigenvalue weighted by molar-refractivity contribution is -0.134. The van der Waals surface area contributed by atoms with E-state index in [0.717, 1.165) is 29.7 Å². The fourth-order valence-corrected chi connectivity index (χ4v) is 4.51. The molecule has 3 aromatic rings. The van der Waals surface area contributed by atoms with Crippen LogP contribution < -0.4 is 5.56 Å². The zero-order chi connectivity index (χ0) is 21.4. The van der Waals surface area contributed by atoms with E-state index in [9.17, 15) is 9.59 Å². The molecule has 1 atom stereocenters. The summed E-state index contributed by atoms with van der Waals surface area (Å²) in [6.45, 7) is 2.81. The van der Waals surface area contributed by atoms with E-state index in [1.165, 1.54) is 12.8 Å². The molecule has 0 bridgehead atoms. The van der Waals surface area contributed by atoms with Gasteiger partial charge in [-0.15, -0.1) is 0 Å². The highest BCUT2D eigenvalue weighted by atomic mass is 16.2. The molecule has 1 amide bonds. The molecule has 0 N–H and O–H groups in total. The number of hydrogen-bond donors (Lipinski definition) is 0. The molecule has 2 aliphatic rings. The van der Waals surface area contributed by atoms with Gasteiger partial charge in [0.2, 0.25) is 5.91 Å². The largest absolute Gasteiger partial charge is 0.335 e. The summed E-state index contributed by atoms with van der Waals surface area (Å²) in [7, 11) is 0. The van der Waals surface area contributed by atoms with Gasteiger partial charge >= 0.3 is 0 Å². The summed E-state index contributed by atoms with van der Waals surface area (Å²) < 4.78 is 1.85. The van der Waals surface area contributed by atoms with Crippen LogP contribution in [0.25, 0.3) is 10.9 Å². The van der Waals surface area contributed by atoms with E-state index in [-0.39, 0.29) is 23.6 Å². The van der Waals surface area contributed by atoms with Crippen LogP contribution in [0.3, 0.4) is 0 Å². The monoisotopic (exact) mass is 415 g/mol. The lowest BCUT2D eigenvalue weighted by Gasteiger charge is -2.30. The van der Waals surface area contributed by atoms with Gasteiger partial charge < -0.3 is 4.90 Å². The maximum atomic E-state index is 13.4. The van der Waals surface area contributed by atoms with Crippen LogP contribution in [0, 0.1) is 5.92 Å². The summed E-state index contributed by atoms with van der Waals surface area (Å²) in [6, 6.07) is 18.2. The average molecular weight is 416 g/mol. The van der Waals surface area contributed by atoms with Crippen LogP contribution in [0.4, 0.5) is 0 Å². The minimum absolute atomic E-state index is 0.0306. The molecule has 2 saturated carbocycles. The summed E-state index contributed by atoms with van der Waals surface area (Å²) in [6.07, 6.45) is 5.30. The number of para-hydroxylation sites is 1. The molecule has 2 fully saturated rings. The molecule has 2 aromatic carbocycles. The first-order valence-corrected chi connectivity index (χ1v) is 11.5. The van der Waals surface area contributed by atoms with Crippen molar-refractivity contribution < 1.29 is 4.79 Å². The summed E-state index contributed by atoms with van der Waals surface area (Å²) >= 11 is 0. The first kappa shape index (κ1) is 20.0. The number of rotatable bonds is 8. The maximum Gasteiger partial charge on any atom is 0.261 e. The molecule has 1 aromatic heterocycles. The molecule has 0 aliphatic heterocycles. The van der Waals surface area contributed by atoms with Crippen LogP contribution in [-0.4, -0.2) is 26.4 Å². The molecule has 5 rings (SSSR count). The van der Waals surface area contributed by atoms with E-state index >= 15 is 0 Å². The maximum absolute atomic E-state index is 13.4. The average Bonchev–Trinajstić information content (AvgIpc) is 3.70. The normalized spacial score (nSPS) is 16.9. The summed E-state index contributed by atoms with van der Waals surface area (Å²) in [5.41, 5.74) is 1.91. The Bertz CT molecular complexity index is 1150. The Morgan fingerprint density at radius 1 is 1.06 bits per heavy atom. The third-order valence-electron chi connectivity index (χ3n) is 6.67. The van der Waals surface area contributed by atoms with E-state index in [0.29, 0.717) is 30.7 Å². The van der Waals surface area contributed by atoms with Gasteiger partial charge in [-0.2, -0.15) is 0 Å². The van der Waals surface area contributed by atoms with Gasteiger partial charge in [0, 0.05) is 31.5 Å². The van der Waals surface area contributed by atoms with E-state index < -0.39 is 0 Å². The second kappa shape index (κ2) is 8.29. The number of nitrogens with zero attached hydrogens (tertiary/aromatic N) is 3. The van der Waals surface area contributed by atoms with Crippen molar-refractivity contribution in [1.29, 1.82) is 0 Å². The van der Waals surface area contributed by atoms with Gasteiger partial charge in [-0.1, -0.05) is 42.5 Å². The van der Waals surface area contributed by atoms with Crippen molar-refractivity contribution in [2.75, 3.05) is 0 Å². The number of hydrogen-bond acceptors (Lipinski definition) is 3. The minimum Gasteiger partial charge on any atom is -0.335 e. The zero-order valence-electron chi connectivity index (χ0n) is 18.0. The Kier molecular flexibility index (Phi) is 5.34. The molecule has 160 valence electrons. The number of fused-ring (bicyclic) bond motifs is 1. The van der Waals surface area contributed by atoms with Crippen molar-refractivity contribution in [2.24, 2.45) is 5.92 Å². The lowest BCUT2D eigenvalue weighted by atomic mass is 10.1. The van der Waals surface area contributed by atoms with Crippen LogP contribution in [0.2, 0.25) is 0 Å². The molecule has 5 nitrogen and oxygen atoms in total. The third-order valence-corrected chi connectivity index (χ3v) is 6.67. The van der Waals surface area contributed by atoms with Crippen LogP contribution in [-0.2, 0) is 17.8 Å². The van der Waals surface area contributed by atoms with Crippen molar-refractivity contribution in [3.05, 3.63) is 76.3 Å². The highest BCUT2D eigenvalue weighted by molar-refractivity contribution is 5.78. The van der Waals surface area contributed by atoms with Crippen LogP contribution >= 0.6 is 0 Å². The fourth-order valence-electron chi connectivity index (χ4n) is 4.51. The lowest BCUT2D eigenvalue weighted by Crippen LogP contribution is -2.39. The van der Waals surface area contributed by atoms with E-state index in [2.05, 4.69) is 19.1 Å². The first-order valence-electron chi connectivity index (χ1n) is 11.5. The van der Waals surface area contributed by atoms with Crippen molar-refractivity contribution in [1.82, 2.24) is 14.5 Å². The number of carbonyl (C=O) groups excluding carboxylic acids is 1. The molecular weight excluding hydrogens is 386 g/mol. The van der Waals surface area contributed by atoms with Gasteiger partial charge in [0.1, 0.15) is 5.82 Å². The summed E-state index contributed by atoms with van der Waals surface area (Å²) in [4.78, 5) is 33.3. The van der Waals surface area contributed by atoms with Crippen LogP contribution in [0.5, 0.6) is 0 Å². The van der Waals surface area contributed by atoms with Gasteiger partial charge in [0.15, 0.2) is 0 Å². The molecule has 0 spiro atoms. The summed E-state index contributed by atoms with van der Waals surface area (Å²) in [5.74, 6) is 1.50. The van der Waals surface area contributed by atoms with Gasteiger partial charge in [0.25, 0.3) is 5.56 Å². The van der Waals surface area contributed by atoms with Gasteiger partial charge in [-0.25, -0.2) is 4.98 Å². The number of amides is 1. The smallest absolute Gasteiger partial charge is 0.261 e. The predicted octanol–water partition coefficient (Wildman–Crippen LogP) is 4.49. The zero-order valence-corrected chi connectivity index (χ0v) is 18.0. The van der Waals surface area contributed by atoms with Crippen molar-refractivity contribution in [3.63, 3.8) is 0 Å². The van der Waals surface area contributed by atoms with Crippen molar-refractivity contribution in [2.45, 2.75) is 64.1 Å². The summed E-state index contributed by atoms with van der Waals surface area (Å²) in [5, 5.41) is 0.664. The Hall–Kier alpha value is -2.95. The quantitative estimate of drug-likeness (QED) is 0.545. The molecule has 0 radical (unpaired) electrons. The van der Waals surface area contributed by atoms with Crippen LogP contribution in [0.15, 0.2) is 59.4 Å². The Morgan fingerprint density at radius 3 is 2.48 bits per heavy atom. The molecule has 31 heavy (non-hydrogen) atoms. The van der Waals surface area contributed by atoms with E-state index in [4.69, 9.17) is 4.98 Å².